The highest BCUT2D eigenvalue weighted by molar-refractivity contribution is 7.90. The summed E-state index contributed by atoms with van der Waals surface area (Å²) < 4.78 is 29.2. The Morgan fingerprint density at radius 2 is 2.18 bits per heavy atom. The molecule has 0 aromatic carbocycles. The third-order valence-corrected chi connectivity index (χ3v) is 3.84. The molecule has 90 valence electrons. The molecule has 0 aliphatic heterocycles. The van der Waals surface area contributed by atoms with E-state index in [-0.39, 0.29) is 16.5 Å². The molecule has 2 aromatic rings. The van der Waals surface area contributed by atoms with Gasteiger partial charge in [0.05, 0.1) is 11.1 Å². The molecule has 0 N–H and O–H groups in total. The lowest BCUT2D eigenvalue weighted by Gasteiger charge is -2.00. The fourth-order valence-corrected chi connectivity index (χ4v) is 2.49. The summed E-state index contributed by atoms with van der Waals surface area (Å²) in [7, 11) is -3.43. The van der Waals surface area contributed by atoms with Crippen molar-refractivity contribution in [3.05, 3.63) is 42.4 Å². The number of hydrogen-bond donors (Lipinski definition) is 0. The predicted molar refractivity (Wildman–Crippen MR) is 61.0 cm³/mol. The van der Waals surface area contributed by atoms with E-state index in [1.54, 1.807) is 12.3 Å². The summed E-state index contributed by atoms with van der Waals surface area (Å²) in [5, 5.41) is 0. The van der Waals surface area contributed by atoms with Crippen LogP contribution in [0.2, 0.25) is 0 Å². The zero-order valence-electron chi connectivity index (χ0n) is 9.33. The Bertz CT molecular complexity index is 590. The quantitative estimate of drug-likeness (QED) is 0.826. The van der Waals surface area contributed by atoms with Gasteiger partial charge in [-0.25, -0.2) is 13.4 Å². The van der Waals surface area contributed by atoms with Gasteiger partial charge in [-0.1, -0.05) is 6.92 Å². The van der Waals surface area contributed by atoms with Crippen molar-refractivity contribution in [1.82, 2.24) is 9.97 Å². The number of nitrogens with zero attached hydrogens (tertiary/aromatic N) is 2. The van der Waals surface area contributed by atoms with Gasteiger partial charge >= 0.3 is 0 Å². The van der Waals surface area contributed by atoms with Crippen LogP contribution >= 0.6 is 0 Å². The Balaban J connectivity index is 2.24. The minimum Gasteiger partial charge on any atom is -0.445 e. The Morgan fingerprint density at radius 1 is 1.35 bits per heavy atom. The van der Waals surface area contributed by atoms with Crippen LogP contribution in [0.3, 0.4) is 0 Å². The molecule has 0 fully saturated rings. The van der Waals surface area contributed by atoms with Crippen molar-refractivity contribution in [3.63, 3.8) is 0 Å². The first-order valence-corrected chi connectivity index (χ1v) is 6.83. The molecular weight excluding hydrogens is 240 g/mol. The van der Waals surface area contributed by atoms with Crippen molar-refractivity contribution in [2.24, 2.45) is 0 Å². The zero-order valence-corrected chi connectivity index (χ0v) is 10.1. The average molecular weight is 252 g/mol. The Labute approximate surface area is 99.4 Å². The second kappa shape index (κ2) is 4.67. The molecule has 0 radical (unpaired) electrons. The van der Waals surface area contributed by atoms with E-state index in [9.17, 15) is 8.42 Å². The summed E-state index contributed by atoms with van der Waals surface area (Å²) in [5.41, 5.74) is 0. The Hall–Kier alpha value is -1.69. The molecule has 0 bridgehead atoms. The number of aryl methyl sites for hydroxylation is 1. The zero-order chi connectivity index (χ0) is 12.3. The van der Waals surface area contributed by atoms with Gasteiger partial charge in [0.2, 0.25) is 5.89 Å². The van der Waals surface area contributed by atoms with Crippen molar-refractivity contribution in [1.29, 1.82) is 0 Å². The molecule has 2 heterocycles. The van der Waals surface area contributed by atoms with Gasteiger partial charge in [0.25, 0.3) is 0 Å². The highest BCUT2D eigenvalue weighted by Gasteiger charge is 2.18. The maximum absolute atomic E-state index is 12.0. The molecule has 0 aliphatic rings. The summed E-state index contributed by atoms with van der Waals surface area (Å²) >= 11 is 0. The van der Waals surface area contributed by atoms with E-state index in [2.05, 4.69) is 9.97 Å². The van der Waals surface area contributed by atoms with Crippen LogP contribution in [0, 0.1) is 0 Å². The normalized spacial score (nSPS) is 11.6. The molecular formula is C11H12N2O3S. The standard InChI is InChI=1S/C11H12N2O3S/c1-2-9-6-13-11(16-9)8-17(14,15)10-4-3-5-12-7-10/h3-7H,2,8H2,1H3. The second-order valence-corrected chi connectivity index (χ2v) is 5.51. The predicted octanol–water partition coefficient (Wildman–Crippen LogP) is 1.61. The maximum Gasteiger partial charge on any atom is 0.209 e. The van der Waals surface area contributed by atoms with Crippen LogP contribution < -0.4 is 0 Å². The molecule has 17 heavy (non-hydrogen) atoms. The number of hydrogen-bond acceptors (Lipinski definition) is 5. The molecule has 2 aromatic heterocycles. The lowest BCUT2D eigenvalue weighted by molar-refractivity contribution is 0.471. The summed E-state index contributed by atoms with van der Waals surface area (Å²) in [6.07, 6.45) is 5.09. The van der Waals surface area contributed by atoms with E-state index < -0.39 is 9.84 Å². The van der Waals surface area contributed by atoms with Crippen molar-refractivity contribution >= 4 is 9.84 Å². The monoisotopic (exact) mass is 252 g/mol. The van der Waals surface area contributed by atoms with Gasteiger partial charge in [-0.2, -0.15) is 0 Å². The molecule has 0 unspecified atom stereocenters. The van der Waals surface area contributed by atoms with Crippen LogP contribution in [-0.4, -0.2) is 18.4 Å². The minimum atomic E-state index is -3.43. The molecule has 0 saturated carbocycles. The van der Waals surface area contributed by atoms with Crippen LogP contribution in [-0.2, 0) is 22.0 Å². The first kappa shape index (κ1) is 11.8. The fourth-order valence-electron chi connectivity index (χ4n) is 1.36. The van der Waals surface area contributed by atoms with Crippen LogP contribution in [0.5, 0.6) is 0 Å². The number of rotatable bonds is 4. The van der Waals surface area contributed by atoms with E-state index in [0.29, 0.717) is 12.2 Å². The lowest BCUT2D eigenvalue weighted by Crippen LogP contribution is -2.05. The summed E-state index contributed by atoms with van der Waals surface area (Å²) in [5.74, 6) is 0.658. The Morgan fingerprint density at radius 3 is 2.76 bits per heavy atom. The number of aromatic nitrogens is 2. The van der Waals surface area contributed by atoms with Gasteiger partial charge in [-0.05, 0) is 12.1 Å². The molecule has 0 atom stereocenters. The van der Waals surface area contributed by atoms with Gasteiger partial charge in [0.15, 0.2) is 9.84 Å². The van der Waals surface area contributed by atoms with Crippen molar-refractivity contribution in [2.75, 3.05) is 0 Å². The van der Waals surface area contributed by atoms with Crippen LogP contribution in [0.15, 0.2) is 40.0 Å². The highest BCUT2D eigenvalue weighted by atomic mass is 32.2. The molecule has 6 heteroatoms. The fraction of sp³-hybridized carbons (Fsp3) is 0.273. The van der Waals surface area contributed by atoms with E-state index in [4.69, 9.17) is 4.42 Å². The van der Waals surface area contributed by atoms with E-state index >= 15 is 0 Å². The number of oxazole rings is 1. The summed E-state index contributed by atoms with van der Waals surface area (Å²) in [6.45, 7) is 1.92. The highest BCUT2D eigenvalue weighted by Crippen LogP contribution is 2.15. The smallest absolute Gasteiger partial charge is 0.209 e. The van der Waals surface area contributed by atoms with Gasteiger partial charge in [-0.3, -0.25) is 4.98 Å². The molecule has 2 rings (SSSR count). The molecule has 5 nitrogen and oxygen atoms in total. The second-order valence-electron chi connectivity index (χ2n) is 3.52. The number of sulfone groups is 1. The van der Waals surface area contributed by atoms with E-state index in [1.165, 1.54) is 18.5 Å². The third kappa shape index (κ3) is 2.71. The topological polar surface area (TPSA) is 73.1 Å². The summed E-state index contributed by atoms with van der Waals surface area (Å²) in [4.78, 5) is 7.89. The average Bonchev–Trinajstić information content (AvgIpc) is 2.77. The number of pyridine rings is 1. The summed E-state index contributed by atoms with van der Waals surface area (Å²) in [6, 6.07) is 3.09. The first-order chi connectivity index (χ1) is 8.12. The van der Waals surface area contributed by atoms with Gasteiger partial charge in [0.1, 0.15) is 11.5 Å². The van der Waals surface area contributed by atoms with Gasteiger partial charge in [0, 0.05) is 18.8 Å². The molecule has 0 spiro atoms. The maximum atomic E-state index is 12.0. The van der Waals surface area contributed by atoms with Gasteiger partial charge in [-0.15, -0.1) is 0 Å². The largest absolute Gasteiger partial charge is 0.445 e. The SMILES string of the molecule is CCc1cnc(CS(=O)(=O)c2cccnc2)o1. The molecule has 0 saturated heterocycles. The lowest BCUT2D eigenvalue weighted by atomic mass is 10.4. The molecule has 0 aliphatic carbocycles. The van der Waals surface area contributed by atoms with Crippen molar-refractivity contribution in [2.45, 2.75) is 24.0 Å². The Kier molecular flexibility index (Phi) is 3.23. The van der Waals surface area contributed by atoms with Crippen LogP contribution in [0.25, 0.3) is 0 Å². The van der Waals surface area contributed by atoms with Crippen molar-refractivity contribution in [3.8, 4) is 0 Å². The van der Waals surface area contributed by atoms with Crippen LogP contribution in [0.1, 0.15) is 18.6 Å². The third-order valence-electron chi connectivity index (χ3n) is 2.26. The van der Waals surface area contributed by atoms with Crippen molar-refractivity contribution < 1.29 is 12.8 Å². The van der Waals surface area contributed by atoms with Gasteiger partial charge < -0.3 is 4.42 Å². The van der Waals surface area contributed by atoms with E-state index in [1.807, 2.05) is 6.92 Å². The first-order valence-electron chi connectivity index (χ1n) is 5.18. The van der Waals surface area contributed by atoms with Crippen LogP contribution in [0.4, 0.5) is 0 Å². The minimum absolute atomic E-state index is 0.177. The van der Waals surface area contributed by atoms with E-state index in [0.717, 1.165) is 0 Å². The molecule has 0 amide bonds.